The van der Waals surface area contributed by atoms with E-state index in [0.717, 1.165) is 5.56 Å². The molecule has 4 nitrogen and oxygen atoms in total. The second kappa shape index (κ2) is 7.98. The van der Waals surface area contributed by atoms with Gasteiger partial charge in [-0.2, -0.15) is 0 Å². The smallest absolute Gasteiger partial charge is 0.329 e. The molecule has 0 aromatic heterocycles. The minimum absolute atomic E-state index is 0.0264. The third kappa shape index (κ3) is 5.05. The highest BCUT2D eigenvalue weighted by Gasteiger charge is 2.21. The normalized spacial score (nSPS) is 15.7. The van der Waals surface area contributed by atoms with E-state index in [1.165, 1.54) is 6.92 Å². The van der Waals surface area contributed by atoms with Crippen LogP contribution in [0.4, 0.5) is 0 Å². The first-order chi connectivity index (χ1) is 11.4. The number of esters is 1. The van der Waals surface area contributed by atoms with Crippen LogP contribution in [0.5, 0.6) is 0 Å². The van der Waals surface area contributed by atoms with Gasteiger partial charge in [0, 0.05) is 14.7 Å². The van der Waals surface area contributed by atoms with Crippen molar-refractivity contribution in [2.45, 2.75) is 25.9 Å². The molecule has 2 aromatic rings. The molecular formula is C18H19NO3. The maximum Gasteiger partial charge on any atom is 0.329 e. The molecule has 0 aliphatic heterocycles. The van der Waals surface area contributed by atoms with Crippen molar-refractivity contribution in [3.63, 3.8) is 0 Å². The fourth-order valence-corrected chi connectivity index (χ4v) is 1.85. The number of hydrogen-bond donors (Lipinski definition) is 1. The number of amides is 1. The van der Waals surface area contributed by atoms with Gasteiger partial charge in [-0.1, -0.05) is 60.7 Å². The lowest BCUT2D eigenvalue weighted by atomic mass is 10.1. The van der Waals surface area contributed by atoms with Crippen LogP contribution in [0.3, 0.4) is 0 Å². The molecule has 0 heterocycles. The quantitative estimate of drug-likeness (QED) is 0.834. The highest BCUT2D eigenvalue weighted by atomic mass is 16.5. The molecule has 0 spiro atoms. The van der Waals surface area contributed by atoms with Crippen LogP contribution in [-0.2, 0) is 27.3 Å². The van der Waals surface area contributed by atoms with Crippen LogP contribution in [-0.4, -0.2) is 17.9 Å². The predicted octanol–water partition coefficient (Wildman–Crippen LogP) is 2.48. The first kappa shape index (κ1) is 13.1. The highest BCUT2D eigenvalue weighted by Crippen LogP contribution is 2.07. The molecule has 0 aliphatic carbocycles. The predicted molar refractivity (Wildman–Crippen MR) is 84.0 cm³/mol. The Hall–Kier alpha value is -2.62. The zero-order valence-electron chi connectivity index (χ0n) is 14.3. The Morgan fingerprint density at radius 2 is 1.64 bits per heavy atom. The van der Waals surface area contributed by atoms with Crippen molar-refractivity contribution in [3.8, 4) is 0 Å². The van der Waals surface area contributed by atoms with E-state index in [2.05, 4.69) is 5.32 Å². The van der Waals surface area contributed by atoms with Crippen LogP contribution in [0.15, 0.2) is 60.7 Å². The van der Waals surface area contributed by atoms with Crippen molar-refractivity contribution in [2.75, 3.05) is 0 Å². The van der Waals surface area contributed by atoms with Crippen LogP contribution >= 0.6 is 0 Å². The minimum atomic E-state index is -2.22. The van der Waals surface area contributed by atoms with Crippen LogP contribution < -0.4 is 5.32 Å². The van der Waals surface area contributed by atoms with Crippen LogP contribution in [0.25, 0.3) is 0 Å². The molecule has 0 saturated heterocycles. The summed E-state index contributed by atoms with van der Waals surface area (Å²) < 4.78 is 21.8. The fourth-order valence-electron chi connectivity index (χ4n) is 1.85. The molecule has 0 aliphatic rings. The molecule has 2 unspecified atom stereocenters. The second-order valence-electron chi connectivity index (χ2n) is 4.71. The summed E-state index contributed by atoms with van der Waals surface area (Å²) >= 11 is 0. The van der Waals surface area contributed by atoms with Gasteiger partial charge in [0.25, 0.3) is 0 Å². The molecule has 0 saturated carbocycles. The van der Waals surface area contributed by atoms with Crippen LogP contribution in [0.2, 0.25) is 0 Å². The van der Waals surface area contributed by atoms with Crippen LogP contribution in [0.1, 0.15) is 20.8 Å². The summed E-state index contributed by atoms with van der Waals surface area (Å²) in [6, 6.07) is 15.3. The van der Waals surface area contributed by atoms with Gasteiger partial charge in [-0.25, -0.2) is 4.79 Å². The standard InChI is InChI=1S/C18H19NO3/c1-14(20)19-17(12-15-8-4-2-5-9-15)18(21)22-13-16-10-6-3-7-11-16/h2-11,17H,12-13H2,1H3,(H,19,20)/i12D,17D. The zero-order valence-corrected chi connectivity index (χ0v) is 12.3. The van der Waals surface area contributed by atoms with Gasteiger partial charge in [-0.3, -0.25) is 4.79 Å². The average Bonchev–Trinajstić information content (AvgIpc) is 2.60. The monoisotopic (exact) mass is 299 g/mol. The van der Waals surface area contributed by atoms with Gasteiger partial charge in [-0.05, 0) is 11.1 Å². The van der Waals surface area contributed by atoms with Crippen molar-refractivity contribution in [1.29, 1.82) is 0 Å². The Morgan fingerprint density at radius 3 is 2.18 bits per heavy atom. The molecule has 0 fully saturated rings. The number of hydrogen-bond acceptors (Lipinski definition) is 3. The topological polar surface area (TPSA) is 55.4 Å². The Kier molecular flexibility index (Phi) is 4.74. The van der Waals surface area contributed by atoms with E-state index in [0.29, 0.717) is 5.56 Å². The van der Waals surface area contributed by atoms with Crippen molar-refractivity contribution >= 4 is 11.9 Å². The molecule has 0 bridgehead atoms. The van der Waals surface area contributed by atoms with E-state index in [1.807, 2.05) is 18.2 Å². The van der Waals surface area contributed by atoms with Gasteiger partial charge in [0.15, 0.2) is 0 Å². The number of rotatable bonds is 6. The van der Waals surface area contributed by atoms with E-state index in [4.69, 9.17) is 7.48 Å². The lowest BCUT2D eigenvalue weighted by molar-refractivity contribution is -0.149. The summed E-state index contributed by atoms with van der Waals surface area (Å²) in [5, 5.41) is 2.26. The zero-order chi connectivity index (χ0) is 17.6. The Bertz CT molecular complexity index is 694. The SMILES string of the molecule is [2H]C(c1ccccc1)C([2H])(NC(C)=O)C(=O)OCc1ccccc1. The van der Waals surface area contributed by atoms with Gasteiger partial charge >= 0.3 is 5.97 Å². The number of carbonyl (C=O) groups is 2. The van der Waals surface area contributed by atoms with Gasteiger partial charge in [0.2, 0.25) is 5.91 Å². The molecule has 114 valence electrons. The number of nitrogens with one attached hydrogen (secondary N) is 1. The van der Waals surface area contributed by atoms with Crippen molar-refractivity contribution in [1.82, 2.24) is 5.32 Å². The largest absolute Gasteiger partial charge is 0.459 e. The maximum absolute atomic E-state index is 12.4. The van der Waals surface area contributed by atoms with Gasteiger partial charge in [-0.15, -0.1) is 0 Å². The maximum atomic E-state index is 12.4. The average molecular weight is 299 g/mol. The molecule has 4 heteroatoms. The molecule has 2 aromatic carbocycles. The lowest BCUT2D eigenvalue weighted by Crippen LogP contribution is -2.42. The summed E-state index contributed by atoms with van der Waals surface area (Å²) in [6.45, 7) is 1.17. The number of carbonyl (C=O) groups excluding carboxylic acids is 2. The van der Waals surface area contributed by atoms with E-state index >= 15 is 0 Å². The lowest BCUT2D eigenvalue weighted by Gasteiger charge is -2.17. The molecule has 2 atom stereocenters. The van der Waals surface area contributed by atoms with Gasteiger partial charge in [0.1, 0.15) is 12.6 Å². The van der Waals surface area contributed by atoms with E-state index in [1.54, 1.807) is 42.5 Å². The summed E-state index contributed by atoms with van der Waals surface area (Å²) in [7, 11) is 0. The van der Waals surface area contributed by atoms with E-state index in [9.17, 15) is 9.59 Å². The van der Waals surface area contributed by atoms with Crippen molar-refractivity contribution in [3.05, 3.63) is 71.8 Å². The van der Waals surface area contributed by atoms with E-state index in [-0.39, 0.29) is 6.61 Å². The molecule has 22 heavy (non-hydrogen) atoms. The first-order valence-corrected chi connectivity index (χ1v) is 6.90. The third-order valence-corrected chi connectivity index (χ3v) is 2.85. The molecule has 0 radical (unpaired) electrons. The fraction of sp³-hybridized carbons (Fsp3) is 0.222. The Labute approximate surface area is 132 Å². The third-order valence-electron chi connectivity index (χ3n) is 2.85. The molecule has 2 rings (SSSR count). The Morgan fingerprint density at radius 1 is 1.09 bits per heavy atom. The van der Waals surface area contributed by atoms with Gasteiger partial charge < -0.3 is 10.1 Å². The van der Waals surface area contributed by atoms with Gasteiger partial charge in [0.05, 0.1) is 1.37 Å². The summed E-state index contributed by atoms with van der Waals surface area (Å²) in [4.78, 5) is 23.9. The molecular weight excluding hydrogens is 278 g/mol. The minimum Gasteiger partial charge on any atom is -0.459 e. The Balaban J connectivity index is 2.19. The summed E-state index contributed by atoms with van der Waals surface area (Å²) in [6.07, 6.45) is -1.31. The van der Waals surface area contributed by atoms with Crippen LogP contribution in [0, 0.1) is 0 Å². The second-order valence-corrected chi connectivity index (χ2v) is 4.71. The number of benzene rings is 2. The summed E-state index contributed by atoms with van der Waals surface area (Å²) in [5.41, 5.74) is 1.20. The number of ether oxygens (including phenoxy) is 1. The molecule has 1 amide bonds. The van der Waals surface area contributed by atoms with Crippen molar-refractivity contribution in [2.24, 2.45) is 0 Å². The van der Waals surface area contributed by atoms with Crippen molar-refractivity contribution < 1.29 is 17.1 Å². The molecule has 1 N–H and O–H groups in total. The highest BCUT2D eigenvalue weighted by molar-refractivity contribution is 5.83. The first-order valence-electron chi connectivity index (χ1n) is 7.98. The van der Waals surface area contributed by atoms with E-state index < -0.39 is 24.3 Å². The summed E-state index contributed by atoms with van der Waals surface area (Å²) in [5.74, 6) is -1.54.